The van der Waals surface area contributed by atoms with Gasteiger partial charge in [0, 0.05) is 4.47 Å². The van der Waals surface area contributed by atoms with Crippen molar-refractivity contribution < 1.29 is 0 Å². The van der Waals surface area contributed by atoms with Gasteiger partial charge in [0.15, 0.2) is 0 Å². The van der Waals surface area contributed by atoms with E-state index >= 15 is 0 Å². The highest BCUT2D eigenvalue weighted by molar-refractivity contribution is 9.10. The standard InChI is InChI=1S/C8H7BrCl2/c1-5-2-3-6(9)4-7(5)8(10)11/h2-4,8H,1H3. The second-order valence-electron chi connectivity index (χ2n) is 2.30. The zero-order valence-electron chi connectivity index (χ0n) is 5.94. The van der Waals surface area contributed by atoms with Crippen LogP contribution >= 0.6 is 39.1 Å². The fourth-order valence-electron chi connectivity index (χ4n) is 0.846. The van der Waals surface area contributed by atoms with Crippen LogP contribution in [0.1, 0.15) is 16.0 Å². The number of halogens is 3. The average Bonchev–Trinajstić information content (AvgIpc) is 1.94. The molecule has 0 N–H and O–H groups in total. The first-order chi connectivity index (χ1) is 5.11. The zero-order valence-corrected chi connectivity index (χ0v) is 9.04. The Labute approximate surface area is 84.6 Å². The lowest BCUT2D eigenvalue weighted by Gasteiger charge is -2.05. The van der Waals surface area contributed by atoms with Gasteiger partial charge in [-0.1, -0.05) is 22.0 Å². The van der Waals surface area contributed by atoms with E-state index in [1.807, 2.05) is 25.1 Å². The van der Waals surface area contributed by atoms with Crippen LogP contribution in [0.15, 0.2) is 22.7 Å². The van der Waals surface area contributed by atoms with Crippen LogP contribution in [0, 0.1) is 6.92 Å². The van der Waals surface area contributed by atoms with Crippen LogP contribution in [-0.2, 0) is 0 Å². The topological polar surface area (TPSA) is 0 Å². The first-order valence-electron chi connectivity index (χ1n) is 3.15. The van der Waals surface area contributed by atoms with Crippen LogP contribution < -0.4 is 0 Å². The Morgan fingerprint density at radius 2 is 2.00 bits per heavy atom. The fraction of sp³-hybridized carbons (Fsp3) is 0.250. The number of benzene rings is 1. The van der Waals surface area contributed by atoms with Gasteiger partial charge in [0.05, 0.1) is 0 Å². The van der Waals surface area contributed by atoms with Crippen molar-refractivity contribution in [2.75, 3.05) is 0 Å². The van der Waals surface area contributed by atoms with Crippen LogP contribution in [0.3, 0.4) is 0 Å². The average molecular weight is 254 g/mol. The van der Waals surface area contributed by atoms with Gasteiger partial charge in [-0.2, -0.15) is 0 Å². The minimum atomic E-state index is -0.438. The molecule has 0 aliphatic heterocycles. The Morgan fingerprint density at radius 1 is 1.36 bits per heavy atom. The lowest BCUT2D eigenvalue weighted by Crippen LogP contribution is -1.86. The molecule has 3 heteroatoms. The van der Waals surface area contributed by atoms with E-state index in [4.69, 9.17) is 23.2 Å². The third-order valence-corrected chi connectivity index (χ3v) is 2.44. The van der Waals surface area contributed by atoms with E-state index in [1.165, 1.54) is 0 Å². The van der Waals surface area contributed by atoms with Crippen molar-refractivity contribution in [2.24, 2.45) is 0 Å². The molecule has 0 atom stereocenters. The van der Waals surface area contributed by atoms with Crippen molar-refractivity contribution in [1.29, 1.82) is 0 Å². The van der Waals surface area contributed by atoms with E-state index in [0.29, 0.717) is 0 Å². The molecule has 1 aromatic rings. The highest BCUT2D eigenvalue weighted by Gasteiger charge is 2.06. The van der Waals surface area contributed by atoms with Gasteiger partial charge in [-0.3, -0.25) is 0 Å². The van der Waals surface area contributed by atoms with Crippen molar-refractivity contribution in [1.82, 2.24) is 0 Å². The van der Waals surface area contributed by atoms with E-state index in [-0.39, 0.29) is 0 Å². The highest BCUT2D eigenvalue weighted by atomic mass is 79.9. The minimum Gasteiger partial charge on any atom is -0.100 e. The van der Waals surface area contributed by atoms with Gasteiger partial charge in [-0.15, -0.1) is 23.2 Å². The molecule has 0 saturated heterocycles. The van der Waals surface area contributed by atoms with E-state index in [0.717, 1.165) is 15.6 Å². The maximum atomic E-state index is 5.72. The molecule has 0 bridgehead atoms. The van der Waals surface area contributed by atoms with Crippen molar-refractivity contribution in [2.45, 2.75) is 11.8 Å². The third kappa shape index (κ3) is 2.36. The highest BCUT2D eigenvalue weighted by Crippen LogP contribution is 2.29. The van der Waals surface area contributed by atoms with Gasteiger partial charge >= 0.3 is 0 Å². The monoisotopic (exact) mass is 252 g/mol. The minimum absolute atomic E-state index is 0.438. The van der Waals surface area contributed by atoms with Crippen LogP contribution in [0.5, 0.6) is 0 Å². The Bertz CT molecular complexity index is 258. The summed E-state index contributed by atoms with van der Waals surface area (Å²) in [5, 5.41) is 0. The Morgan fingerprint density at radius 3 is 2.45 bits per heavy atom. The SMILES string of the molecule is Cc1ccc(Br)cc1C(Cl)Cl. The predicted molar refractivity (Wildman–Crippen MR) is 53.3 cm³/mol. The summed E-state index contributed by atoms with van der Waals surface area (Å²) < 4.78 is 1.00. The molecule has 0 aliphatic carbocycles. The zero-order chi connectivity index (χ0) is 8.43. The lowest BCUT2D eigenvalue weighted by molar-refractivity contribution is 1.26. The first-order valence-corrected chi connectivity index (χ1v) is 4.82. The molecule has 0 aromatic heterocycles. The van der Waals surface area contributed by atoms with Gasteiger partial charge in [0.2, 0.25) is 0 Å². The van der Waals surface area contributed by atoms with Crippen LogP contribution in [0.25, 0.3) is 0 Å². The lowest BCUT2D eigenvalue weighted by atomic mass is 10.1. The molecule has 1 aromatic carbocycles. The summed E-state index contributed by atoms with van der Waals surface area (Å²) in [7, 11) is 0. The van der Waals surface area contributed by atoms with Gasteiger partial charge < -0.3 is 0 Å². The van der Waals surface area contributed by atoms with Crippen LogP contribution in [-0.4, -0.2) is 0 Å². The number of aryl methyl sites for hydroxylation is 1. The molecule has 11 heavy (non-hydrogen) atoms. The maximum absolute atomic E-state index is 5.72. The molecule has 0 amide bonds. The molecule has 60 valence electrons. The van der Waals surface area contributed by atoms with E-state index in [1.54, 1.807) is 0 Å². The van der Waals surface area contributed by atoms with Crippen molar-refractivity contribution >= 4 is 39.1 Å². The predicted octanol–water partition coefficient (Wildman–Crippen LogP) is 4.23. The van der Waals surface area contributed by atoms with Crippen LogP contribution in [0.4, 0.5) is 0 Å². The molecule has 0 unspecified atom stereocenters. The largest absolute Gasteiger partial charge is 0.133 e. The molecule has 0 radical (unpaired) electrons. The Kier molecular flexibility index (Phi) is 3.23. The summed E-state index contributed by atoms with van der Waals surface area (Å²) in [6, 6.07) is 5.88. The molecule has 0 nitrogen and oxygen atoms in total. The Balaban J connectivity index is 3.13. The third-order valence-electron chi connectivity index (χ3n) is 1.48. The van der Waals surface area contributed by atoms with E-state index in [9.17, 15) is 0 Å². The molecule has 0 fully saturated rings. The molecule has 1 rings (SSSR count). The summed E-state index contributed by atoms with van der Waals surface area (Å²) in [5.41, 5.74) is 2.07. The van der Waals surface area contributed by atoms with Gasteiger partial charge in [-0.05, 0) is 30.2 Å². The smallest absolute Gasteiger partial charge is 0.100 e. The summed E-state index contributed by atoms with van der Waals surface area (Å²) in [4.78, 5) is -0.438. The van der Waals surface area contributed by atoms with E-state index < -0.39 is 4.84 Å². The first kappa shape index (κ1) is 9.37. The normalized spacial score (nSPS) is 10.6. The number of hydrogen-bond donors (Lipinski definition) is 0. The summed E-state index contributed by atoms with van der Waals surface area (Å²) >= 11 is 14.8. The quantitative estimate of drug-likeness (QED) is 0.657. The number of hydrogen-bond acceptors (Lipinski definition) is 0. The maximum Gasteiger partial charge on any atom is 0.133 e. The van der Waals surface area contributed by atoms with Crippen LogP contribution in [0.2, 0.25) is 0 Å². The molecule has 0 spiro atoms. The van der Waals surface area contributed by atoms with E-state index in [2.05, 4.69) is 15.9 Å². The second kappa shape index (κ2) is 3.79. The Hall–Kier alpha value is 0.280. The summed E-state index contributed by atoms with van der Waals surface area (Å²) in [6.45, 7) is 1.99. The molecule has 0 saturated carbocycles. The van der Waals surface area contributed by atoms with Crippen molar-refractivity contribution in [3.05, 3.63) is 33.8 Å². The number of alkyl halides is 2. The summed E-state index contributed by atoms with van der Waals surface area (Å²) in [5.74, 6) is 0. The van der Waals surface area contributed by atoms with Crippen molar-refractivity contribution in [3.63, 3.8) is 0 Å². The molecular formula is C8H7BrCl2. The molecular weight excluding hydrogens is 247 g/mol. The van der Waals surface area contributed by atoms with Gasteiger partial charge in [-0.25, -0.2) is 0 Å². The van der Waals surface area contributed by atoms with Gasteiger partial charge in [0.25, 0.3) is 0 Å². The number of rotatable bonds is 1. The van der Waals surface area contributed by atoms with Gasteiger partial charge in [0.1, 0.15) is 4.84 Å². The molecule has 0 heterocycles. The molecule has 0 aliphatic rings. The van der Waals surface area contributed by atoms with Crippen molar-refractivity contribution in [3.8, 4) is 0 Å². The fourth-order valence-corrected chi connectivity index (χ4v) is 1.70. The second-order valence-corrected chi connectivity index (χ2v) is 4.31. The summed E-state index contributed by atoms with van der Waals surface area (Å²) in [6.07, 6.45) is 0.